The molecule has 3 aromatic carbocycles. The molecule has 186 valence electrons. The van der Waals surface area contributed by atoms with Crippen LogP contribution in [-0.4, -0.2) is 54.2 Å². The Balaban J connectivity index is 1.79. The standard InChI is InChI=1S/C26H26FN5O4/c1-35-16-15-28-26(34)25(20-7-3-4-8-21(20)27)32(18-11-13-19(36-2)14-12-18)24(33)17-31-23-10-6-5-9-22(23)29-30-31/h3-14,25H,15-17H2,1-2H3,(H,28,34). The number of carbonyl (C=O) groups is 2. The van der Waals surface area contributed by atoms with Crippen molar-refractivity contribution in [1.82, 2.24) is 20.3 Å². The third-order valence-corrected chi connectivity index (χ3v) is 5.64. The van der Waals surface area contributed by atoms with Crippen molar-refractivity contribution in [2.45, 2.75) is 12.6 Å². The topological polar surface area (TPSA) is 98.6 Å². The van der Waals surface area contributed by atoms with E-state index in [1.165, 1.54) is 42.0 Å². The molecular weight excluding hydrogens is 465 g/mol. The zero-order valence-electron chi connectivity index (χ0n) is 19.9. The first-order valence-corrected chi connectivity index (χ1v) is 11.3. The molecule has 0 saturated heterocycles. The average Bonchev–Trinajstić information content (AvgIpc) is 3.30. The van der Waals surface area contributed by atoms with Crippen molar-refractivity contribution < 1.29 is 23.5 Å². The van der Waals surface area contributed by atoms with Gasteiger partial charge in [-0.25, -0.2) is 9.07 Å². The summed E-state index contributed by atoms with van der Waals surface area (Å²) in [5.74, 6) is -1.07. The monoisotopic (exact) mass is 491 g/mol. The summed E-state index contributed by atoms with van der Waals surface area (Å²) < 4.78 is 26.8. The van der Waals surface area contributed by atoms with Crippen molar-refractivity contribution in [3.63, 3.8) is 0 Å². The Hall–Kier alpha value is -4.31. The van der Waals surface area contributed by atoms with Crippen LogP contribution in [0.3, 0.4) is 0 Å². The predicted molar refractivity (Wildman–Crippen MR) is 132 cm³/mol. The fourth-order valence-electron chi connectivity index (χ4n) is 3.89. The summed E-state index contributed by atoms with van der Waals surface area (Å²) in [6.07, 6.45) is 0. The van der Waals surface area contributed by atoms with E-state index in [1.54, 1.807) is 42.5 Å². The third kappa shape index (κ3) is 5.33. The van der Waals surface area contributed by atoms with Gasteiger partial charge in [0.25, 0.3) is 0 Å². The number of benzene rings is 3. The van der Waals surface area contributed by atoms with Crippen LogP contribution < -0.4 is 15.0 Å². The number of ether oxygens (including phenoxy) is 2. The molecule has 2 amide bonds. The quantitative estimate of drug-likeness (QED) is 0.342. The number of aromatic nitrogens is 3. The van der Waals surface area contributed by atoms with E-state index in [4.69, 9.17) is 9.47 Å². The molecule has 0 bridgehead atoms. The number of carbonyl (C=O) groups excluding carboxylic acids is 2. The van der Waals surface area contributed by atoms with Crippen LogP contribution in [-0.2, 0) is 20.9 Å². The molecule has 10 heteroatoms. The number of para-hydroxylation sites is 1. The number of halogens is 1. The summed E-state index contributed by atoms with van der Waals surface area (Å²) in [5, 5.41) is 10.9. The van der Waals surface area contributed by atoms with Crippen molar-refractivity contribution >= 4 is 28.5 Å². The van der Waals surface area contributed by atoms with E-state index in [0.29, 0.717) is 22.5 Å². The Bertz CT molecular complexity index is 1340. The van der Waals surface area contributed by atoms with Gasteiger partial charge in [0.2, 0.25) is 11.8 Å². The van der Waals surface area contributed by atoms with Crippen LogP contribution in [0.2, 0.25) is 0 Å². The van der Waals surface area contributed by atoms with Crippen LogP contribution in [0.25, 0.3) is 11.0 Å². The smallest absolute Gasteiger partial charge is 0.249 e. The van der Waals surface area contributed by atoms with Crippen LogP contribution in [0.1, 0.15) is 11.6 Å². The molecule has 0 aliphatic heterocycles. The van der Waals surface area contributed by atoms with E-state index in [2.05, 4.69) is 15.6 Å². The summed E-state index contributed by atoms with van der Waals surface area (Å²) in [4.78, 5) is 28.6. The number of methoxy groups -OCH3 is 2. The van der Waals surface area contributed by atoms with E-state index >= 15 is 4.39 Å². The van der Waals surface area contributed by atoms with Gasteiger partial charge in [-0.2, -0.15) is 0 Å². The summed E-state index contributed by atoms with van der Waals surface area (Å²) in [5.41, 5.74) is 1.73. The van der Waals surface area contributed by atoms with Crippen molar-refractivity contribution in [3.05, 3.63) is 84.2 Å². The van der Waals surface area contributed by atoms with E-state index in [9.17, 15) is 9.59 Å². The van der Waals surface area contributed by atoms with E-state index in [1.807, 2.05) is 12.1 Å². The molecule has 0 fully saturated rings. The average molecular weight is 492 g/mol. The second-order valence-electron chi connectivity index (χ2n) is 7.91. The number of anilines is 1. The van der Waals surface area contributed by atoms with Crippen molar-refractivity contribution in [2.75, 3.05) is 32.3 Å². The molecule has 36 heavy (non-hydrogen) atoms. The van der Waals surface area contributed by atoms with Gasteiger partial charge in [0.05, 0.1) is 19.2 Å². The molecule has 0 spiro atoms. The highest BCUT2D eigenvalue weighted by Crippen LogP contribution is 2.31. The highest BCUT2D eigenvalue weighted by molar-refractivity contribution is 6.01. The lowest BCUT2D eigenvalue weighted by Gasteiger charge is -2.32. The minimum Gasteiger partial charge on any atom is -0.497 e. The Kier molecular flexibility index (Phi) is 7.86. The number of nitrogens with one attached hydrogen (secondary N) is 1. The maximum atomic E-state index is 15.0. The number of rotatable bonds is 10. The lowest BCUT2D eigenvalue weighted by molar-refractivity contribution is -0.127. The minimum absolute atomic E-state index is 0.0556. The van der Waals surface area contributed by atoms with Crippen LogP contribution in [0.5, 0.6) is 5.75 Å². The Morgan fingerprint density at radius 1 is 1.03 bits per heavy atom. The summed E-state index contributed by atoms with van der Waals surface area (Å²) >= 11 is 0. The first-order valence-electron chi connectivity index (χ1n) is 11.3. The molecule has 4 aromatic rings. The normalized spacial score (nSPS) is 11.8. The maximum Gasteiger partial charge on any atom is 0.249 e. The first-order chi connectivity index (χ1) is 17.5. The van der Waals surface area contributed by atoms with Gasteiger partial charge in [-0.1, -0.05) is 35.5 Å². The summed E-state index contributed by atoms with van der Waals surface area (Å²) in [6.45, 7) is 0.235. The molecule has 1 aromatic heterocycles. The molecule has 0 saturated carbocycles. The lowest BCUT2D eigenvalue weighted by Crippen LogP contribution is -2.46. The Labute approximate surface area is 207 Å². The fraction of sp³-hybridized carbons (Fsp3) is 0.231. The van der Waals surface area contributed by atoms with E-state index in [-0.39, 0.29) is 25.3 Å². The van der Waals surface area contributed by atoms with Gasteiger partial charge in [-0.3, -0.25) is 14.5 Å². The summed E-state index contributed by atoms with van der Waals surface area (Å²) in [6, 6.07) is 18.5. The SMILES string of the molecule is COCCNC(=O)C(c1ccccc1F)N(C(=O)Cn1nnc2ccccc21)c1ccc(OC)cc1. The zero-order valence-corrected chi connectivity index (χ0v) is 19.9. The van der Waals surface area contributed by atoms with Crippen LogP contribution in [0, 0.1) is 5.82 Å². The number of hydrogen-bond acceptors (Lipinski definition) is 6. The molecule has 4 rings (SSSR count). The minimum atomic E-state index is -1.29. The zero-order chi connectivity index (χ0) is 25.5. The van der Waals surface area contributed by atoms with Gasteiger partial charge < -0.3 is 14.8 Å². The fourth-order valence-corrected chi connectivity index (χ4v) is 3.89. The highest BCUT2D eigenvalue weighted by Gasteiger charge is 2.35. The van der Waals surface area contributed by atoms with Gasteiger partial charge in [-0.15, -0.1) is 5.10 Å². The van der Waals surface area contributed by atoms with Crippen LogP contribution in [0.15, 0.2) is 72.8 Å². The molecule has 9 nitrogen and oxygen atoms in total. The third-order valence-electron chi connectivity index (χ3n) is 5.64. The molecule has 0 aliphatic carbocycles. The van der Waals surface area contributed by atoms with Gasteiger partial charge in [0.1, 0.15) is 29.7 Å². The van der Waals surface area contributed by atoms with Gasteiger partial charge in [0, 0.05) is 24.9 Å². The van der Waals surface area contributed by atoms with Crippen molar-refractivity contribution in [3.8, 4) is 5.75 Å². The first kappa shape index (κ1) is 24.8. The van der Waals surface area contributed by atoms with Crippen LogP contribution in [0.4, 0.5) is 10.1 Å². The van der Waals surface area contributed by atoms with Crippen molar-refractivity contribution in [1.29, 1.82) is 0 Å². The van der Waals surface area contributed by atoms with Gasteiger partial charge in [0.15, 0.2) is 0 Å². The van der Waals surface area contributed by atoms with Gasteiger partial charge in [-0.05, 0) is 42.5 Å². The number of hydrogen-bond donors (Lipinski definition) is 1. The summed E-state index contributed by atoms with van der Waals surface area (Å²) in [7, 11) is 3.04. The largest absolute Gasteiger partial charge is 0.497 e. The second-order valence-corrected chi connectivity index (χ2v) is 7.91. The van der Waals surface area contributed by atoms with Crippen molar-refractivity contribution in [2.24, 2.45) is 0 Å². The van der Waals surface area contributed by atoms with E-state index in [0.717, 1.165) is 0 Å². The molecule has 1 unspecified atom stereocenters. The van der Waals surface area contributed by atoms with Gasteiger partial charge >= 0.3 is 0 Å². The maximum absolute atomic E-state index is 15.0. The lowest BCUT2D eigenvalue weighted by atomic mass is 10.0. The second kappa shape index (κ2) is 11.4. The van der Waals surface area contributed by atoms with Crippen LogP contribution >= 0.6 is 0 Å². The molecule has 0 radical (unpaired) electrons. The Morgan fingerprint density at radius 2 is 1.75 bits per heavy atom. The highest BCUT2D eigenvalue weighted by atomic mass is 19.1. The van der Waals surface area contributed by atoms with E-state index < -0.39 is 23.7 Å². The number of nitrogens with zero attached hydrogens (tertiary/aromatic N) is 4. The molecule has 1 N–H and O–H groups in total. The Morgan fingerprint density at radius 3 is 2.47 bits per heavy atom. The molecule has 1 atom stereocenters. The molecule has 0 aliphatic rings. The predicted octanol–water partition coefficient (Wildman–Crippen LogP) is 3.12. The number of amides is 2. The number of fused-ring (bicyclic) bond motifs is 1. The molecular formula is C26H26FN5O4. The molecule has 1 heterocycles.